The number of carbonyl (C=O) groups is 2. The number of benzene rings is 3. The Labute approximate surface area is 203 Å². The Morgan fingerprint density at radius 2 is 1.63 bits per heavy atom. The number of halogens is 1. The zero-order valence-corrected chi connectivity index (χ0v) is 20.5. The first-order chi connectivity index (χ1) is 16.5. The molecule has 3 rings (SSSR count). The molecule has 0 saturated carbocycles. The molecule has 3 aromatic carbocycles. The monoisotopic (exact) mass is 499 g/mol. The molecular formula is C25H26FN3O5S. The van der Waals surface area contributed by atoms with Crippen LogP contribution in [-0.4, -0.2) is 26.3 Å². The second-order valence-electron chi connectivity index (χ2n) is 8.00. The van der Waals surface area contributed by atoms with Crippen molar-refractivity contribution in [3.05, 3.63) is 88.7 Å². The second-order valence-corrected chi connectivity index (χ2v) is 9.68. The predicted molar refractivity (Wildman–Crippen MR) is 130 cm³/mol. The summed E-state index contributed by atoms with van der Waals surface area (Å²) >= 11 is 0. The number of amides is 2. The zero-order chi connectivity index (χ0) is 25.8. The topological polar surface area (TPSA) is 114 Å². The Hall–Kier alpha value is -3.92. The highest BCUT2D eigenvalue weighted by Gasteiger charge is 2.19. The van der Waals surface area contributed by atoms with Crippen LogP contribution >= 0.6 is 0 Å². The third-order valence-corrected chi connectivity index (χ3v) is 6.74. The van der Waals surface area contributed by atoms with E-state index in [1.807, 2.05) is 26.0 Å². The van der Waals surface area contributed by atoms with E-state index in [4.69, 9.17) is 4.74 Å². The van der Waals surface area contributed by atoms with Crippen molar-refractivity contribution in [3.8, 4) is 5.75 Å². The molecule has 0 heterocycles. The summed E-state index contributed by atoms with van der Waals surface area (Å²) < 4.78 is 47.0. The van der Waals surface area contributed by atoms with Gasteiger partial charge in [-0.15, -0.1) is 0 Å². The lowest BCUT2D eigenvalue weighted by atomic mass is 10.1. The molecule has 1 unspecified atom stereocenters. The van der Waals surface area contributed by atoms with Gasteiger partial charge in [-0.3, -0.25) is 25.2 Å². The molecule has 0 aliphatic heterocycles. The maximum absolute atomic E-state index is 13.8. The smallest absolute Gasteiger partial charge is 0.279 e. The molecule has 0 spiro atoms. The van der Waals surface area contributed by atoms with Crippen molar-refractivity contribution < 1.29 is 27.1 Å². The highest BCUT2D eigenvalue weighted by molar-refractivity contribution is 7.92. The minimum absolute atomic E-state index is 0.0867. The number of nitrogens with one attached hydrogen (secondary N) is 3. The molecule has 184 valence electrons. The Balaban J connectivity index is 1.62. The highest BCUT2D eigenvalue weighted by Crippen LogP contribution is 2.22. The fourth-order valence-electron chi connectivity index (χ4n) is 3.07. The summed E-state index contributed by atoms with van der Waals surface area (Å²) in [6.07, 6.45) is -0.885. The van der Waals surface area contributed by atoms with Gasteiger partial charge in [0.1, 0.15) is 11.6 Å². The lowest BCUT2D eigenvalue weighted by Gasteiger charge is -2.17. The van der Waals surface area contributed by atoms with Crippen LogP contribution in [0.3, 0.4) is 0 Å². The molecule has 8 nitrogen and oxygen atoms in total. The van der Waals surface area contributed by atoms with Crippen molar-refractivity contribution >= 4 is 27.5 Å². The molecule has 0 aliphatic rings. The quantitative estimate of drug-likeness (QED) is 0.428. The van der Waals surface area contributed by atoms with E-state index < -0.39 is 33.8 Å². The molecule has 0 fully saturated rings. The number of carbonyl (C=O) groups excluding carboxylic acids is 2. The van der Waals surface area contributed by atoms with Crippen LogP contribution in [0.15, 0.2) is 65.6 Å². The number of rotatable bonds is 7. The van der Waals surface area contributed by atoms with E-state index in [9.17, 15) is 22.4 Å². The van der Waals surface area contributed by atoms with Gasteiger partial charge in [0, 0.05) is 11.3 Å². The van der Waals surface area contributed by atoms with Gasteiger partial charge in [-0.2, -0.15) is 0 Å². The number of anilines is 1. The number of aryl methyl sites for hydroxylation is 2. The van der Waals surface area contributed by atoms with E-state index in [1.54, 1.807) is 13.0 Å². The normalized spacial score (nSPS) is 11.9. The highest BCUT2D eigenvalue weighted by atomic mass is 32.2. The second kappa shape index (κ2) is 10.6. The Morgan fingerprint density at radius 1 is 0.914 bits per heavy atom. The van der Waals surface area contributed by atoms with Gasteiger partial charge in [0.25, 0.3) is 21.8 Å². The van der Waals surface area contributed by atoms with E-state index in [-0.39, 0.29) is 16.1 Å². The molecule has 0 aromatic heterocycles. The van der Waals surface area contributed by atoms with Gasteiger partial charge in [0.05, 0.1) is 4.90 Å². The largest absolute Gasteiger partial charge is 0.481 e. The van der Waals surface area contributed by atoms with Crippen molar-refractivity contribution in [1.29, 1.82) is 0 Å². The minimum atomic E-state index is -4.08. The summed E-state index contributed by atoms with van der Waals surface area (Å²) in [4.78, 5) is 24.6. The molecule has 10 heteroatoms. The number of hydrazine groups is 1. The van der Waals surface area contributed by atoms with Gasteiger partial charge in [0.15, 0.2) is 6.10 Å². The third-order valence-electron chi connectivity index (χ3n) is 5.36. The van der Waals surface area contributed by atoms with Gasteiger partial charge < -0.3 is 4.74 Å². The fraction of sp³-hybridized carbons (Fsp3) is 0.200. The van der Waals surface area contributed by atoms with Crippen molar-refractivity contribution in [3.63, 3.8) is 0 Å². The summed E-state index contributed by atoms with van der Waals surface area (Å²) in [6, 6.07) is 14.7. The lowest BCUT2D eigenvalue weighted by molar-refractivity contribution is -0.128. The molecule has 0 radical (unpaired) electrons. The van der Waals surface area contributed by atoms with Gasteiger partial charge in [0.2, 0.25) is 0 Å². The molecule has 2 amide bonds. The third kappa shape index (κ3) is 6.36. The molecule has 3 aromatic rings. The van der Waals surface area contributed by atoms with Crippen LogP contribution in [0, 0.1) is 26.6 Å². The van der Waals surface area contributed by atoms with Crippen molar-refractivity contribution in [1.82, 2.24) is 10.9 Å². The average molecular weight is 500 g/mol. The Bertz CT molecular complexity index is 1380. The summed E-state index contributed by atoms with van der Waals surface area (Å²) in [5, 5.41) is 0. The first-order valence-electron chi connectivity index (χ1n) is 10.7. The number of sulfonamides is 1. The molecule has 35 heavy (non-hydrogen) atoms. The van der Waals surface area contributed by atoms with Crippen molar-refractivity contribution in [2.75, 3.05) is 4.72 Å². The van der Waals surface area contributed by atoms with Crippen LogP contribution in [0.2, 0.25) is 0 Å². The summed E-state index contributed by atoms with van der Waals surface area (Å²) in [6.45, 7) is 6.89. The standard InChI is InChI=1S/C25H26FN3O5S/c1-15-7-5-10-23(17(15)3)34-18(4)24(30)27-28-25(31)19-8-6-9-20(13-19)29-35(32,33)21-12-11-16(2)22(26)14-21/h5-14,18,29H,1-4H3,(H,27,30)(H,28,31). The van der Waals surface area contributed by atoms with Crippen molar-refractivity contribution in [2.45, 2.75) is 38.7 Å². The van der Waals surface area contributed by atoms with Gasteiger partial charge in [-0.25, -0.2) is 12.8 Å². The predicted octanol–water partition coefficient (Wildman–Crippen LogP) is 3.78. The van der Waals surface area contributed by atoms with Crippen molar-refractivity contribution in [2.24, 2.45) is 0 Å². The van der Waals surface area contributed by atoms with Crippen LogP contribution in [-0.2, 0) is 14.8 Å². The van der Waals surface area contributed by atoms with Crippen LogP contribution in [0.1, 0.15) is 34.0 Å². The van der Waals surface area contributed by atoms with E-state index in [0.717, 1.165) is 17.2 Å². The Morgan fingerprint density at radius 3 is 2.34 bits per heavy atom. The van der Waals surface area contributed by atoms with E-state index >= 15 is 0 Å². The minimum Gasteiger partial charge on any atom is -0.481 e. The molecule has 1 atom stereocenters. The molecular weight excluding hydrogens is 473 g/mol. The van der Waals surface area contributed by atoms with Crippen LogP contribution in [0.25, 0.3) is 0 Å². The number of hydrogen-bond acceptors (Lipinski definition) is 5. The number of ether oxygens (including phenoxy) is 1. The summed E-state index contributed by atoms with van der Waals surface area (Å²) in [5.74, 6) is -1.32. The van der Waals surface area contributed by atoms with Crippen LogP contribution in [0.4, 0.5) is 10.1 Å². The Kier molecular flexibility index (Phi) is 7.75. The first-order valence-corrected chi connectivity index (χ1v) is 12.2. The number of hydrogen-bond donors (Lipinski definition) is 3. The molecule has 0 bridgehead atoms. The fourth-order valence-corrected chi connectivity index (χ4v) is 4.13. The van der Waals surface area contributed by atoms with Crippen LogP contribution < -0.4 is 20.3 Å². The lowest BCUT2D eigenvalue weighted by Crippen LogP contribution is -2.47. The van der Waals surface area contributed by atoms with Gasteiger partial charge in [-0.05, 0) is 80.8 Å². The van der Waals surface area contributed by atoms with Gasteiger partial charge >= 0.3 is 0 Å². The van der Waals surface area contributed by atoms with E-state index in [2.05, 4.69) is 15.6 Å². The first kappa shape index (κ1) is 25.7. The maximum Gasteiger partial charge on any atom is 0.279 e. The molecule has 0 saturated heterocycles. The van der Waals surface area contributed by atoms with E-state index in [0.29, 0.717) is 11.3 Å². The molecule has 3 N–H and O–H groups in total. The SMILES string of the molecule is Cc1ccc(S(=O)(=O)Nc2cccc(C(=O)NNC(=O)C(C)Oc3cccc(C)c3C)c2)cc1F. The maximum atomic E-state index is 13.8. The zero-order valence-electron chi connectivity index (χ0n) is 19.7. The summed E-state index contributed by atoms with van der Waals surface area (Å²) in [7, 11) is -4.08. The molecule has 0 aliphatic carbocycles. The summed E-state index contributed by atoms with van der Waals surface area (Å²) in [5.41, 5.74) is 7.00. The van der Waals surface area contributed by atoms with Crippen LogP contribution in [0.5, 0.6) is 5.75 Å². The van der Waals surface area contributed by atoms with E-state index in [1.165, 1.54) is 43.3 Å². The van der Waals surface area contributed by atoms with Gasteiger partial charge in [-0.1, -0.05) is 24.3 Å². The average Bonchev–Trinajstić information content (AvgIpc) is 2.81.